The third kappa shape index (κ3) is 1.87. The van der Waals surface area contributed by atoms with Gasteiger partial charge in [0, 0.05) is 10.0 Å². The number of aromatic nitrogens is 1. The van der Waals surface area contributed by atoms with Crippen LogP contribution < -0.4 is 10.5 Å². The first-order valence-corrected chi connectivity index (χ1v) is 7.96. The summed E-state index contributed by atoms with van der Waals surface area (Å²) in [6.45, 7) is 4.29. The second-order valence-corrected chi connectivity index (χ2v) is 6.62. The maximum Gasteiger partial charge on any atom is 0.180 e. The van der Waals surface area contributed by atoms with Crippen molar-refractivity contribution >= 4 is 32.4 Å². The molecular weight excluding hydrogens is 324 g/mol. The quantitative estimate of drug-likeness (QED) is 0.872. The second-order valence-electron chi connectivity index (χ2n) is 4.67. The van der Waals surface area contributed by atoms with Gasteiger partial charge in [0.1, 0.15) is 11.4 Å². The first kappa shape index (κ1) is 12.9. The van der Waals surface area contributed by atoms with Crippen LogP contribution in [0.25, 0.3) is 11.3 Å². The highest BCUT2D eigenvalue weighted by Gasteiger charge is 2.41. The van der Waals surface area contributed by atoms with Crippen LogP contribution in [-0.2, 0) is 5.60 Å². The first-order chi connectivity index (χ1) is 9.09. The average molecular weight is 339 g/mol. The van der Waals surface area contributed by atoms with E-state index in [-0.39, 0.29) is 5.60 Å². The Hall–Kier alpha value is -1.07. The van der Waals surface area contributed by atoms with E-state index in [1.54, 1.807) is 11.3 Å². The predicted octanol–water partition coefficient (Wildman–Crippen LogP) is 4.56. The third-order valence-corrected chi connectivity index (χ3v) is 5.27. The van der Waals surface area contributed by atoms with Gasteiger partial charge in [0.05, 0.1) is 10.6 Å². The summed E-state index contributed by atoms with van der Waals surface area (Å²) in [6.07, 6.45) is 1.81. The van der Waals surface area contributed by atoms with Gasteiger partial charge in [-0.05, 0) is 31.0 Å². The Kier molecular flexibility index (Phi) is 3.06. The summed E-state index contributed by atoms with van der Waals surface area (Å²) in [5.74, 6) is 0.885. The number of fused-ring (bicyclic) bond motifs is 3. The molecule has 19 heavy (non-hydrogen) atoms. The van der Waals surface area contributed by atoms with Gasteiger partial charge in [-0.25, -0.2) is 4.98 Å². The van der Waals surface area contributed by atoms with Gasteiger partial charge in [-0.2, -0.15) is 0 Å². The van der Waals surface area contributed by atoms with E-state index in [0.717, 1.165) is 39.2 Å². The normalized spacial score (nSPS) is 15.5. The predicted molar refractivity (Wildman–Crippen MR) is 82.6 cm³/mol. The SMILES string of the molecule is CCC1(CC)Oc2cc(Br)ccc2-c2nc(N)sc21. The zero-order valence-corrected chi connectivity index (χ0v) is 13.3. The highest BCUT2D eigenvalue weighted by molar-refractivity contribution is 9.10. The first-order valence-electron chi connectivity index (χ1n) is 6.35. The Morgan fingerprint density at radius 1 is 1.37 bits per heavy atom. The van der Waals surface area contributed by atoms with Crippen molar-refractivity contribution in [2.45, 2.75) is 32.3 Å². The number of anilines is 1. The largest absolute Gasteiger partial charge is 0.481 e. The highest BCUT2D eigenvalue weighted by atomic mass is 79.9. The topological polar surface area (TPSA) is 48.1 Å². The number of hydrogen-bond donors (Lipinski definition) is 1. The third-order valence-electron chi connectivity index (χ3n) is 3.70. The van der Waals surface area contributed by atoms with Crippen molar-refractivity contribution in [2.24, 2.45) is 0 Å². The van der Waals surface area contributed by atoms with Gasteiger partial charge in [0.2, 0.25) is 0 Å². The number of ether oxygens (including phenoxy) is 1. The average Bonchev–Trinajstić information content (AvgIpc) is 2.79. The van der Waals surface area contributed by atoms with Crippen LogP contribution in [0.2, 0.25) is 0 Å². The summed E-state index contributed by atoms with van der Waals surface area (Å²) in [4.78, 5) is 5.67. The molecule has 2 N–H and O–H groups in total. The molecule has 2 aromatic rings. The Morgan fingerprint density at radius 2 is 2.11 bits per heavy atom. The van der Waals surface area contributed by atoms with Crippen LogP contribution >= 0.6 is 27.3 Å². The molecule has 100 valence electrons. The summed E-state index contributed by atoms with van der Waals surface area (Å²) >= 11 is 5.04. The molecule has 0 saturated heterocycles. The minimum Gasteiger partial charge on any atom is -0.481 e. The molecule has 1 aliphatic rings. The van der Waals surface area contributed by atoms with Gasteiger partial charge in [-0.1, -0.05) is 41.1 Å². The maximum absolute atomic E-state index is 6.32. The van der Waals surface area contributed by atoms with Crippen molar-refractivity contribution in [3.8, 4) is 17.0 Å². The van der Waals surface area contributed by atoms with Crippen LogP contribution in [0.1, 0.15) is 31.6 Å². The number of nitrogens with two attached hydrogens (primary N) is 1. The van der Waals surface area contributed by atoms with Gasteiger partial charge in [-0.3, -0.25) is 0 Å². The molecule has 0 atom stereocenters. The van der Waals surface area contributed by atoms with Crippen molar-refractivity contribution < 1.29 is 4.74 Å². The number of thiazole rings is 1. The van der Waals surface area contributed by atoms with Crippen LogP contribution in [-0.4, -0.2) is 4.98 Å². The summed E-state index contributed by atoms with van der Waals surface area (Å²) in [5, 5.41) is 0.607. The van der Waals surface area contributed by atoms with Crippen LogP contribution in [0.15, 0.2) is 22.7 Å². The smallest absolute Gasteiger partial charge is 0.180 e. The van der Waals surface area contributed by atoms with Crippen molar-refractivity contribution in [1.82, 2.24) is 4.98 Å². The molecule has 2 heterocycles. The number of benzene rings is 1. The number of halogens is 1. The number of nitrogen functional groups attached to an aromatic ring is 1. The summed E-state index contributed by atoms with van der Waals surface area (Å²) in [7, 11) is 0. The molecule has 0 bridgehead atoms. The Balaban J connectivity index is 2.28. The van der Waals surface area contributed by atoms with E-state index in [9.17, 15) is 0 Å². The number of nitrogens with zero attached hydrogens (tertiary/aromatic N) is 1. The highest BCUT2D eigenvalue weighted by Crippen LogP contribution is 2.51. The van der Waals surface area contributed by atoms with Gasteiger partial charge in [0.15, 0.2) is 5.13 Å². The molecule has 1 aromatic heterocycles. The van der Waals surface area contributed by atoms with Gasteiger partial charge in [-0.15, -0.1) is 0 Å². The molecule has 0 unspecified atom stereocenters. The zero-order chi connectivity index (χ0) is 13.6. The fraction of sp³-hybridized carbons (Fsp3) is 0.357. The van der Waals surface area contributed by atoms with Crippen molar-refractivity contribution in [3.05, 3.63) is 27.5 Å². The fourth-order valence-corrected chi connectivity index (χ4v) is 4.03. The lowest BCUT2D eigenvalue weighted by molar-refractivity contribution is 0.0582. The van der Waals surface area contributed by atoms with Gasteiger partial charge < -0.3 is 10.5 Å². The molecule has 0 radical (unpaired) electrons. The van der Waals surface area contributed by atoms with Crippen molar-refractivity contribution in [1.29, 1.82) is 0 Å². The minimum atomic E-state index is -0.293. The Bertz CT molecular complexity index is 634. The standard InChI is InChI=1S/C14H15BrN2OS/c1-3-14(4-2)12-11(17-13(16)19-12)9-6-5-8(15)7-10(9)18-14/h5-7H,3-4H2,1-2H3,(H2,16,17). The number of hydrogen-bond acceptors (Lipinski definition) is 4. The van der Waals surface area contributed by atoms with E-state index in [2.05, 4.69) is 34.8 Å². The molecule has 3 rings (SSSR count). The molecule has 0 fully saturated rings. The molecule has 1 aliphatic heterocycles. The van der Waals surface area contributed by atoms with Crippen molar-refractivity contribution in [3.63, 3.8) is 0 Å². The van der Waals surface area contributed by atoms with E-state index in [1.165, 1.54) is 0 Å². The number of rotatable bonds is 2. The van der Waals surface area contributed by atoms with Gasteiger partial charge in [0.25, 0.3) is 0 Å². The van der Waals surface area contributed by atoms with E-state index >= 15 is 0 Å². The molecule has 3 nitrogen and oxygen atoms in total. The Labute approximate surface area is 124 Å². The van der Waals surface area contributed by atoms with E-state index < -0.39 is 0 Å². The molecule has 5 heteroatoms. The van der Waals surface area contributed by atoms with Crippen molar-refractivity contribution in [2.75, 3.05) is 5.73 Å². The lowest BCUT2D eigenvalue weighted by Crippen LogP contribution is -2.33. The lowest BCUT2D eigenvalue weighted by Gasteiger charge is -2.36. The maximum atomic E-state index is 6.32. The minimum absolute atomic E-state index is 0.293. The molecule has 0 spiro atoms. The van der Waals surface area contributed by atoms with Crippen LogP contribution in [0, 0.1) is 0 Å². The second kappa shape index (κ2) is 4.49. The van der Waals surface area contributed by atoms with E-state index in [0.29, 0.717) is 5.13 Å². The van der Waals surface area contributed by atoms with Crippen LogP contribution in [0.5, 0.6) is 5.75 Å². The monoisotopic (exact) mass is 338 g/mol. The molecule has 0 aliphatic carbocycles. The fourth-order valence-electron chi connectivity index (χ4n) is 2.58. The molecule has 0 saturated carbocycles. The lowest BCUT2D eigenvalue weighted by atomic mass is 9.89. The Morgan fingerprint density at radius 3 is 2.79 bits per heavy atom. The van der Waals surface area contributed by atoms with Crippen LogP contribution in [0.3, 0.4) is 0 Å². The molecular formula is C14H15BrN2OS. The summed E-state index contributed by atoms with van der Waals surface area (Å²) in [6, 6.07) is 6.05. The van der Waals surface area contributed by atoms with Gasteiger partial charge >= 0.3 is 0 Å². The molecule has 1 aromatic carbocycles. The summed E-state index contributed by atoms with van der Waals surface area (Å²) < 4.78 is 7.34. The van der Waals surface area contributed by atoms with E-state index in [1.807, 2.05) is 18.2 Å². The molecule has 0 amide bonds. The summed E-state index contributed by atoms with van der Waals surface area (Å²) in [5.41, 5.74) is 7.64. The van der Waals surface area contributed by atoms with E-state index in [4.69, 9.17) is 10.5 Å². The zero-order valence-electron chi connectivity index (χ0n) is 10.9. The van der Waals surface area contributed by atoms with Crippen LogP contribution in [0.4, 0.5) is 5.13 Å².